The molecule has 0 bridgehead atoms. The Morgan fingerprint density at radius 1 is 1.27 bits per heavy atom. The maximum Gasteiger partial charge on any atom is 0.130 e. The van der Waals surface area contributed by atoms with E-state index in [0.29, 0.717) is 12.6 Å². The number of anilines is 1. The van der Waals surface area contributed by atoms with Crippen molar-refractivity contribution in [3.05, 3.63) is 53.2 Å². The SMILES string of the molecule is Cc1nc(NCc2ccc(F)cc2)cc(C2CCCN2)n1.Cl. The summed E-state index contributed by atoms with van der Waals surface area (Å²) in [5.41, 5.74) is 2.06. The molecule has 1 aliphatic rings. The van der Waals surface area contributed by atoms with Crippen LogP contribution in [0.15, 0.2) is 30.3 Å². The van der Waals surface area contributed by atoms with Gasteiger partial charge in [0.1, 0.15) is 17.5 Å². The van der Waals surface area contributed by atoms with Crippen molar-refractivity contribution < 1.29 is 4.39 Å². The van der Waals surface area contributed by atoms with Gasteiger partial charge < -0.3 is 10.6 Å². The lowest BCUT2D eigenvalue weighted by Crippen LogP contribution is -2.16. The highest BCUT2D eigenvalue weighted by Gasteiger charge is 2.18. The minimum Gasteiger partial charge on any atom is -0.366 e. The first-order valence-electron chi connectivity index (χ1n) is 7.28. The smallest absolute Gasteiger partial charge is 0.130 e. The van der Waals surface area contributed by atoms with E-state index in [1.54, 1.807) is 12.1 Å². The highest BCUT2D eigenvalue weighted by molar-refractivity contribution is 5.85. The van der Waals surface area contributed by atoms with E-state index < -0.39 is 0 Å². The minimum atomic E-state index is -0.216. The van der Waals surface area contributed by atoms with Crippen molar-refractivity contribution in [2.75, 3.05) is 11.9 Å². The van der Waals surface area contributed by atoms with Gasteiger partial charge in [0.25, 0.3) is 0 Å². The molecule has 6 heteroatoms. The van der Waals surface area contributed by atoms with Crippen LogP contribution in [0.25, 0.3) is 0 Å². The lowest BCUT2D eigenvalue weighted by Gasteiger charge is -2.13. The van der Waals surface area contributed by atoms with E-state index in [1.165, 1.54) is 18.6 Å². The summed E-state index contributed by atoms with van der Waals surface area (Å²) < 4.78 is 12.9. The highest BCUT2D eigenvalue weighted by Crippen LogP contribution is 2.23. The van der Waals surface area contributed by atoms with E-state index in [9.17, 15) is 4.39 Å². The summed E-state index contributed by atoms with van der Waals surface area (Å²) in [6.45, 7) is 3.57. The zero-order valence-electron chi connectivity index (χ0n) is 12.5. The Morgan fingerprint density at radius 3 is 2.73 bits per heavy atom. The molecule has 22 heavy (non-hydrogen) atoms. The number of hydrogen-bond acceptors (Lipinski definition) is 4. The molecule has 1 aliphatic heterocycles. The maximum atomic E-state index is 12.9. The molecule has 0 spiro atoms. The average Bonchev–Trinajstić information content (AvgIpc) is 3.00. The van der Waals surface area contributed by atoms with Crippen LogP contribution in [0.4, 0.5) is 10.2 Å². The van der Waals surface area contributed by atoms with Crippen LogP contribution in [0.2, 0.25) is 0 Å². The fourth-order valence-corrected chi connectivity index (χ4v) is 2.59. The third-order valence-corrected chi connectivity index (χ3v) is 3.66. The van der Waals surface area contributed by atoms with Crippen molar-refractivity contribution in [2.24, 2.45) is 0 Å². The Labute approximate surface area is 136 Å². The van der Waals surface area contributed by atoms with Crippen molar-refractivity contribution in [3.8, 4) is 0 Å². The standard InChI is InChI=1S/C16H19FN4.ClH/c1-11-20-15(14-3-2-8-18-14)9-16(21-11)19-10-12-4-6-13(17)7-5-12;/h4-7,9,14,18H,2-3,8,10H2,1H3,(H,19,20,21);1H. The van der Waals surface area contributed by atoms with Crippen LogP contribution < -0.4 is 10.6 Å². The lowest BCUT2D eigenvalue weighted by molar-refractivity contribution is 0.623. The number of aromatic nitrogens is 2. The summed E-state index contributed by atoms with van der Waals surface area (Å²) in [6.07, 6.45) is 2.31. The molecule has 118 valence electrons. The summed E-state index contributed by atoms with van der Waals surface area (Å²) in [5, 5.41) is 6.73. The van der Waals surface area contributed by atoms with E-state index in [2.05, 4.69) is 20.6 Å². The number of benzene rings is 1. The maximum absolute atomic E-state index is 12.9. The van der Waals surface area contributed by atoms with E-state index in [4.69, 9.17) is 0 Å². The van der Waals surface area contributed by atoms with Crippen molar-refractivity contribution in [3.63, 3.8) is 0 Å². The first-order chi connectivity index (χ1) is 10.2. The van der Waals surface area contributed by atoms with Gasteiger partial charge in [0.15, 0.2) is 0 Å². The molecule has 0 radical (unpaired) electrons. The number of rotatable bonds is 4. The first-order valence-corrected chi connectivity index (χ1v) is 7.28. The van der Waals surface area contributed by atoms with Crippen LogP contribution in [0.5, 0.6) is 0 Å². The number of nitrogens with one attached hydrogen (secondary N) is 2. The van der Waals surface area contributed by atoms with Crippen molar-refractivity contribution in [1.29, 1.82) is 0 Å². The van der Waals surface area contributed by atoms with Crippen LogP contribution in [0.3, 0.4) is 0 Å². The Balaban J connectivity index is 0.00000176. The van der Waals surface area contributed by atoms with Crippen LogP contribution in [0, 0.1) is 12.7 Å². The molecular weight excluding hydrogens is 303 g/mol. The molecule has 3 rings (SSSR count). The molecule has 2 heterocycles. The Hall–Kier alpha value is -1.72. The fourth-order valence-electron chi connectivity index (χ4n) is 2.59. The second-order valence-electron chi connectivity index (χ2n) is 5.35. The van der Waals surface area contributed by atoms with Crippen LogP contribution >= 0.6 is 12.4 Å². The molecule has 1 atom stereocenters. The fraction of sp³-hybridized carbons (Fsp3) is 0.375. The number of hydrogen-bond donors (Lipinski definition) is 2. The van der Waals surface area contributed by atoms with Gasteiger partial charge in [0.2, 0.25) is 0 Å². The summed E-state index contributed by atoms with van der Waals surface area (Å²) in [5.74, 6) is 1.37. The molecule has 2 N–H and O–H groups in total. The first kappa shape index (κ1) is 16.6. The monoisotopic (exact) mass is 322 g/mol. The molecule has 1 saturated heterocycles. The minimum absolute atomic E-state index is 0. The molecule has 2 aromatic rings. The van der Waals surface area contributed by atoms with Gasteiger partial charge in [-0.3, -0.25) is 0 Å². The number of nitrogens with zero attached hydrogens (tertiary/aromatic N) is 2. The molecule has 0 amide bonds. The van der Waals surface area contributed by atoms with E-state index in [1.807, 2.05) is 13.0 Å². The van der Waals surface area contributed by atoms with Gasteiger partial charge >= 0.3 is 0 Å². The molecule has 1 aromatic carbocycles. The highest BCUT2D eigenvalue weighted by atomic mass is 35.5. The zero-order valence-corrected chi connectivity index (χ0v) is 13.3. The average molecular weight is 323 g/mol. The Kier molecular flexibility index (Phi) is 5.69. The van der Waals surface area contributed by atoms with E-state index in [0.717, 1.165) is 35.9 Å². The third kappa shape index (κ3) is 4.15. The van der Waals surface area contributed by atoms with E-state index in [-0.39, 0.29) is 18.2 Å². The van der Waals surface area contributed by atoms with Gasteiger partial charge in [-0.2, -0.15) is 0 Å². The zero-order chi connectivity index (χ0) is 14.7. The van der Waals surface area contributed by atoms with E-state index >= 15 is 0 Å². The normalized spacial score (nSPS) is 17.1. The molecular formula is C16H20ClFN4. The van der Waals surface area contributed by atoms with Gasteiger partial charge in [-0.1, -0.05) is 12.1 Å². The molecule has 0 aliphatic carbocycles. The molecule has 1 fully saturated rings. The van der Waals surface area contributed by atoms with Crippen molar-refractivity contribution in [1.82, 2.24) is 15.3 Å². The third-order valence-electron chi connectivity index (χ3n) is 3.66. The quantitative estimate of drug-likeness (QED) is 0.906. The Bertz CT molecular complexity index is 612. The summed E-state index contributed by atoms with van der Waals surface area (Å²) >= 11 is 0. The van der Waals surface area contributed by atoms with Gasteiger partial charge in [-0.25, -0.2) is 14.4 Å². The molecule has 0 saturated carbocycles. The summed E-state index contributed by atoms with van der Waals surface area (Å²) in [6, 6.07) is 8.82. The Morgan fingerprint density at radius 2 is 2.05 bits per heavy atom. The molecule has 1 unspecified atom stereocenters. The van der Waals surface area contributed by atoms with Crippen molar-refractivity contribution >= 4 is 18.2 Å². The topological polar surface area (TPSA) is 49.8 Å². The van der Waals surface area contributed by atoms with Crippen LogP contribution in [0.1, 0.15) is 36.0 Å². The lowest BCUT2D eigenvalue weighted by atomic mass is 10.1. The number of halogens is 2. The van der Waals surface area contributed by atoms with Gasteiger partial charge in [0, 0.05) is 18.7 Å². The number of aryl methyl sites for hydroxylation is 1. The van der Waals surface area contributed by atoms with Crippen LogP contribution in [-0.2, 0) is 6.54 Å². The molecule has 4 nitrogen and oxygen atoms in total. The second-order valence-corrected chi connectivity index (χ2v) is 5.35. The van der Waals surface area contributed by atoms with Gasteiger partial charge in [-0.05, 0) is 44.0 Å². The largest absolute Gasteiger partial charge is 0.366 e. The van der Waals surface area contributed by atoms with Gasteiger partial charge in [0.05, 0.1) is 5.69 Å². The predicted molar refractivity (Wildman–Crippen MR) is 87.7 cm³/mol. The second kappa shape index (κ2) is 7.51. The summed E-state index contributed by atoms with van der Waals surface area (Å²) in [4.78, 5) is 8.93. The van der Waals surface area contributed by atoms with Crippen molar-refractivity contribution in [2.45, 2.75) is 32.4 Å². The molecule has 1 aromatic heterocycles. The summed E-state index contributed by atoms with van der Waals surface area (Å²) in [7, 11) is 0. The van der Waals surface area contributed by atoms with Crippen LogP contribution in [-0.4, -0.2) is 16.5 Å². The van der Waals surface area contributed by atoms with Gasteiger partial charge in [-0.15, -0.1) is 12.4 Å². The predicted octanol–water partition coefficient (Wildman–Crippen LogP) is 3.38.